The number of rotatable bonds is 7. The zero-order chi connectivity index (χ0) is 30.4. The van der Waals surface area contributed by atoms with Crippen molar-refractivity contribution in [1.82, 2.24) is 24.8 Å². The van der Waals surface area contributed by atoms with Gasteiger partial charge in [-0.1, -0.05) is 24.3 Å². The van der Waals surface area contributed by atoms with Crippen LogP contribution in [0.25, 0.3) is 43.8 Å². The van der Waals surface area contributed by atoms with Gasteiger partial charge in [0, 0.05) is 49.1 Å². The number of likely N-dealkylation sites (N-methyl/N-ethyl adjacent to an activating group) is 1. The molecule has 2 aromatic heterocycles. The molecule has 3 N–H and O–H groups in total. The molecule has 44 heavy (non-hydrogen) atoms. The number of aromatic nitrogens is 3. The average Bonchev–Trinajstić information content (AvgIpc) is 3.68. The number of aryl methyl sites for hydroxylation is 2. The van der Waals surface area contributed by atoms with E-state index in [1.54, 1.807) is 12.1 Å². The number of hydrogen-bond donors (Lipinski definition) is 3. The lowest BCUT2D eigenvalue weighted by Crippen LogP contribution is -2.57. The Balaban J connectivity index is 1.42. The van der Waals surface area contributed by atoms with E-state index >= 15 is 4.39 Å². The minimum atomic E-state index is -0.872. The Kier molecular flexibility index (Phi) is 6.12. The standard InChI is InChI=1S/C34H35FN6O3/c1-17-10-24-30(29(35)28(17)23-13-21(42)11-18-6-4-5-7-22(18)23)38-34(40-15-20(16-40)39(2)3)31-33(24)41(26(37-31)8-9-27(43)44)32-19-12-25(32)36-14-19/h4-7,10-11,13,19-20,25,32,36,42H,8-9,12,14-16H2,1-3H3,(H,43,44). The largest absolute Gasteiger partial charge is 0.508 e. The number of carboxylic acids is 1. The van der Waals surface area contributed by atoms with Crippen LogP contribution in [-0.4, -0.2) is 81.4 Å². The molecule has 0 radical (unpaired) electrons. The lowest BCUT2D eigenvalue weighted by Gasteiger charge is -2.43. The highest BCUT2D eigenvalue weighted by Gasteiger charge is 2.49. The van der Waals surface area contributed by atoms with Crippen molar-refractivity contribution in [2.75, 3.05) is 38.6 Å². The summed E-state index contributed by atoms with van der Waals surface area (Å²) >= 11 is 0. The molecule has 3 saturated heterocycles. The van der Waals surface area contributed by atoms with Crippen molar-refractivity contribution in [3.63, 3.8) is 0 Å². The average molecular weight is 595 g/mol. The molecule has 3 atom stereocenters. The van der Waals surface area contributed by atoms with Gasteiger partial charge < -0.3 is 29.9 Å². The smallest absolute Gasteiger partial charge is 0.303 e. The first-order chi connectivity index (χ1) is 21.2. The minimum absolute atomic E-state index is 0.0337. The van der Waals surface area contributed by atoms with Crippen LogP contribution >= 0.6 is 0 Å². The molecule has 0 amide bonds. The molecule has 3 aromatic carbocycles. The number of fused-ring (bicyclic) bond motifs is 5. The third kappa shape index (κ3) is 4.00. The predicted octanol–water partition coefficient (Wildman–Crippen LogP) is 4.86. The predicted molar refractivity (Wildman–Crippen MR) is 169 cm³/mol. The first kappa shape index (κ1) is 27.3. The Hall–Kier alpha value is -4.28. The van der Waals surface area contributed by atoms with Crippen LogP contribution in [0.4, 0.5) is 10.2 Å². The second-order valence-electron chi connectivity index (χ2n) is 12.9. The summed E-state index contributed by atoms with van der Waals surface area (Å²) in [5.41, 5.74) is 3.56. The monoisotopic (exact) mass is 594 g/mol. The van der Waals surface area contributed by atoms with Gasteiger partial charge in [0.1, 0.15) is 22.6 Å². The van der Waals surface area contributed by atoms with Crippen LogP contribution < -0.4 is 10.2 Å². The van der Waals surface area contributed by atoms with Crippen LogP contribution in [0.5, 0.6) is 5.75 Å². The van der Waals surface area contributed by atoms with Crippen molar-refractivity contribution in [2.45, 2.75) is 44.3 Å². The van der Waals surface area contributed by atoms with E-state index in [4.69, 9.17) is 9.97 Å². The van der Waals surface area contributed by atoms with Gasteiger partial charge in [0.15, 0.2) is 11.6 Å². The number of carboxylic acid groups (broad SMARTS) is 1. The van der Waals surface area contributed by atoms with E-state index in [2.05, 4.69) is 33.8 Å². The number of pyridine rings is 1. The van der Waals surface area contributed by atoms with E-state index in [9.17, 15) is 15.0 Å². The summed E-state index contributed by atoms with van der Waals surface area (Å²) in [6.45, 7) is 4.29. The molecule has 5 aromatic rings. The summed E-state index contributed by atoms with van der Waals surface area (Å²) in [7, 11) is 4.11. The van der Waals surface area contributed by atoms with Gasteiger partial charge in [0.25, 0.3) is 0 Å². The topological polar surface area (TPSA) is 107 Å². The number of nitrogens with one attached hydrogen (secondary N) is 1. The molecule has 5 heterocycles. The van der Waals surface area contributed by atoms with Crippen molar-refractivity contribution in [2.24, 2.45) is 5.92 Å². The van der Waals surface area contributed by atoms with Crippen LogP contribution in [0.1, 0.15) is 30.3 Å². The summed E-state index contributed by atoms with van der Waals surface area (Å²) in [6, 6.07) is 13.7. The maximum atomic E-state index is 17.1. The summed E-state index contributed by atoms with van der Waals surface area (Å²) < 4.78 is 19.4. The molecular formula is C34H35FN6O3. The number of aliphatic carboxylic acids is 1. The second-order valence-corrected chi connectivity index (χ2v) is 12.9. The van der Waals surface area contributed by atoms with Gasteiger partial charge >= 0.3 is 5.97 Å². The summed E-state index contributed by atoms with van der Waals surface area (Å²) in [5, 5.41) is 26.1. The summed E-state index contributed by atoms with van der Waals surface area (Å²) in [6.07, 6.45) is 1.32. The zero-order valence-corrected chi connectivity index (χ0v) is 25.0. The molecule has 10 heteroatoms. The Morgan fingerprint density at radius 3 is 2.61 bits per heavy atom. The van der Waals surface area contributed by atoms with Gasteiger partial charge in [-0.3, -0.25) is 4.79 Å². The van der Waals surface area contributed by atoms with Gasteiger partial charge in [-0.2, -0.15) is 0 Å². The minimum Gasteiger partial charge on any atom is -0.508 e. The first-order valence-corrected chi connectivity index (χ1v) is 15.3. The molecule has 9 rings (SSSR count). The third-order valence-electron chi connectivity index (χ3n) is 10.1. The van der Waals surface area contributed by atoms with Gasteiger partial charge in [0.05, 0.1) is 18.0 Å². The number of phenols is 1. The highest BCUT2D eigenvalue weighted by Crippen LogP contribution is 2.49. The van der Waals surface area contributed by atoms with E-state index in [0.717, 1.165) is 47.9 Å². The van der Waals surface area contributed by atoms with E-state index in [-0.39, 0.29) is 36.2 Å². The number of hydrogen-bond acceptors (Lipinski definition) is 7. The van der Waals surface area contributed by atoms with Crippen LogP contribution in [0.15, 0.2) is 42.5 Å². The molecule has 1 saturated carbocycles. The lowest BCUT2D eigenvalue weighted by molar-refractivity contribution is -0.137. The third-order valence-corrected chi connectivity index (χ3v) is 10.1. The lowest BCUT2D eigenvalue weighted by atomic mass is 9.79. The molecule has 1 aliphatic carbocycles. The Labute approximate surface area is 253 Å². The number of halogens is 1. The van der Waals surface area contributed by atoms with Crippen LogP contribution in [-0.2, 0) is 11.2 Å². The number of aromatic hydroxyl groups is 1. The molecule has 0 spiro atoms. The van der Waals surface area contributed by atoms with Crippen molar-refractivity contribution < 1.29 is 19.4 Å². The Bertz CT molecular complexity index is 1980. The van der Waals surface area contributed by atoms with Crippen LogP contribution in [0.3, 0.4) is 0 Å². The fourth-order valence-corrected chi connectivity index (χ4v) is 7.67. The first-order valence-electron chi connectivity index (χ1n) is 15.3. The SMILES string of the molecule is Cc1cc2c(nc(N3CC(N(C)C)C3)c3nc(CCC(=O)O)n(C4C5CNC4C5)c32)c(F)c1-c1cc(O)cc2ccccc12. The zero-order valence-electron chi connectivity index (χ0n) is 25.0. The van der Waals surface area contributed by atoms with Crippen molar-refractivity contribution in [1.29, 1.82) is 0 Å². The molecule has 2 bridgehead atoms. The van der Waals surface area contributed by atoms with E-state index in [0.29, 0.717) is 45.6 Å². The molecule has 226 valence electrons. The number of imidazole rings is 1. The van der Waals surface area contributed by atoms with E-state index in [1.807, 2.05) is 37.3 Å². The molecular weight excluding hydrogens is 559 g/mol. The summed E-state index contributed by atoms with van der Waals surface area (Å²) in [4.78, 5) is 26.1. The van der Waals surface area contributed by atoms with Crippen LogP contribution in [0, 0.1) is 18.7 Å². The number of nitrogens with zero attached hydrogens (tertiary/aromatic N) is 5. The Morgan fingerprint density at radius 1 is 1.11 bits per heavy atom. The van der Waals surface area contributed by atoms with Crippen molar-refractivity contribution in [3.8, 4) is 16.9 Å². The normalized spacial score (nSPS) is 21.5. The van der Waals surface area contributed by atoms with Gasteiger partial charge in [0.2, 0.25) is 0 Å². The fourth-order valence-electron chi connectivity index (χ4n) is 7.67. The van der Waals surface area contributed by atoms with Crippen LogP contribution in [0.2, 0.25) is 0 Å². The number of benzene rings is 3. The van der Waals surface area contributed by atoms with E-state index in [1.165, 1.54) is 0 Å². The molecule has 3 unspecified atom stereocenters. The van der Waals surface area contributed by atoms with Gasteiger partial charge in [-0.05, 0) is 73.5 Å². The molecule has 9 nitrogen and oxygen atoms in total. The van der Waals surface area contributed by atoms with Crippen molar-refractivity contribution >= 4 is 44.5 Å². The number of anilines is 1. The Morgan fingerprint density at radius 2 is 1.91 bits per heavy atom. The maximum Gasteiger partial charge on any atom is 0.303 e. The number of phenolic OH excluding ortho intramolecular Hbond substituents is 1. The highest BCUT2D eigenvalue weighted by atomic mass is 19.1. The molecule has 3 aliphatic heterocycles. The highest BCUT2D eigenvalue weighted by molar-refractivity contribution is 6.10. The molecule has 4 fully saturated rings. The summed E-state index contributed by atoms with van der Waals surface area (Å²) in [5.74, 6) is 0.535. The van der Waals surface area contributed by atoms with Gasteiger partial charge in [-0.25, -0.2) is 14.4 Å². The van der Waals surface area contributed by atoms with Gasteiger partial charge in [-0.15, -0.1) is 0 Å². The second kappa shape index (κ2) is 9.87. The number of carbonyl (C=O) groups is 1. The maximum absolute atomic E-state index is 17.1. The molecule has 4 aliphatic rings. The quantitative estimate of drug-likeness (QED) is 0.245. The van der Waals surface area contributed by atoms with Crippen molar-refractivity contribution in [3.05, 3.63) is 59.7 Å². The van der Waals surface area contributed by atoms with E-state index < -0.39 is 11.8 Å². The fraction of sp³-hybridized carbons (Fsp3) is 0.382.